The smallest absolute Gasteiger partial charge is 0.124 e. The third-order valence-corrected chi connectivity index (χ3v) is 5.23. The van der Waals surface area contributed by atoms with Gasteiger partial charge in [0.25, 0.3) is 0 Å². The van der Waals surface area contributed by atoms with E-state index in [2.05, 4.69) is 20.8 Å². The van der Waals surface area contributed by atoms with Crippen LogP contribution < -0.4 is 0 Å². The van der Waals surface area contributed by atoms with Gasteiger partial charge in [0, 0.05) is 17.1 Å². The molecular weight excluding hydrogens is 293 g/mol. The summed E-state index contributed by atoms with van der Waals surface area (Å²) in [5.41, 5.74) is 1.21. The number of piperidine rings is 1. The van der Waals surface area contributed by atoms with E-state index in [1.165, 1.54) is 44.2 Å². The van der Waals surface area contributed by atoms with Crippen molar-refractivity contribution >= 4 is 15.9 Å². The zero-order valence-corrected chi connectivity index (χ0v) is 12.1. The summed E-state index contributed by atoms with van der Waals surface area (Å²) in [5.74, 6) is 0.751. The van der Waals surface area contributed by atoms with Crippen molar-refractivity contribution in [3.8, 4) is 0 Å². The second kappa shape index (κ2) is 5.30. The first-order chi connectivity index (χ1) is 8.74. The van der Waals surface area contributed by atoms with Crippen LogP contribution in [-0.4, -0.2) is 17.5 Å². The number of rotatable bonds is 2. The molecule has 0 bridgehead atoms. The topological polar surface area (TPSA) is 3.24 Å². The molecule has 3 rings (SSSR count). The average Bonchev–Trinajstić information content (AvgIpc) is 2.82. The fourth-order valence-electron chi connectivity index (χ4n) is 3.62. The van der Waals surface area contributed by atoms with E-state index in [0.29, 0.717) is 0 Å². The van der Waals surface area contributed by atoms with Gasteiger partial charge in [-0.3, -0.25) is 4.90 Å². The summed E-state index contributed by atoms with van der Waals surface area (Å²) in [6.07, 6.45) is 6.87. The number of nitrogens with zero attached hydrogens (tertiary/aromatic N) is 1. The van der Waals surface area contributed by atoms with Crippen LogP contribution in [0.4, 0.5) is 4.39 Å². The highest BCUT2D eigenvalue weighted by Gasteiger charge is 2.34. The molecule has 2 aliphatic rings. The molecule has 1 aliphatic carbocycles. The summed E-state index contributed by atoms with van der Waals surface area (Å²) in [6, 6.07) is 5.83. The fraction of sp³-hybridized carbons (Fsp3) is 0.600. The van der Waals surface area contributed by atoms with Crippen LogP contribution in [0.3, 0.4) is 0 Å². The van der Waals surface area contributed by atoms with Gasteiger partial charge in [-0.25, -0.2) is 4.39 Å². The minimum atomic E-state index is -0.164. The number of fused-ring (bicyclic) bond motifs is 1. The predicted molar refractivity (Wildman–Crippen MR) is 74.9 cm³/mol. The van der Waals surface area contributed by atoms with Crippen LogP contribution in [0.5, 0.6) is 0 Å². The molecule has 1 saturated heterocycles. The third-order valence-electron chi connectivity index (χ3n) is 4.50. The Hall–Kier alpha value is -0.410. The van der Waals surface area contributed by atoms with Crippen LogP contribution in [0, 0.1) is 11.7 Å². The van der Waals surface area contributed by atoms with Gasteiger partial charge in [-0.05, 0) is 55.8 Å². The van der Waals surface area contributed by atoms with Gasteiger partial charge in [0.1, 0.15) is 5.82 Å². The van der Waals surface area contributed by atoms with E-state index in [9.17, 15) is 4.39 Å². The van der Waals surface area contributed by atoms with Crippen molar-refractivity contribution in [3.05, 3.63) is 34.1 Å². The molecule has 2 fully saturated rings. The number of halogens is 2. The normalized spacial score (nSPS) is 28.3. The first-order valence-electron chi connectivity index (χ1n) is 6.92. The Labute approximate surface area is 116 Å². The van der Waals surface area contributed by atoms with Crippen LogP contribution in [0.25, 0.3) is 0 Å². The predicted octanol–water partition coefficient (Wildman–Crippen LogP) is 4.35. The van der Waals surface area contributed by atoms with Crippen molar-refractivity contribution in [2.24, 2.45) is 5.92 Å². The zero-order chi connectivity index (χ0) is 12.5. The first kappa shape index (κ1) is 12.6. The lowest BCUT2D eigenvalue weighted by Gasteiger charge is -2.38. The third kappa shape index (κ3) is 2.48. The van der Waals surface area contributed by atoms with Gasteiger partial charge >= 0.3 is 0 Å². The molecule has 0 spiro atoms. The number of hydrogen-bond acceptors (Lipinski definition) is 1. The minimum absolute atomic E-state index is 0.164. The maximum atomic E-state index is 13.1. The number of benzene rings is 1. The van der Waals surface area contributed by atoms with Crippen molar-refractivity contribution in [2.75, 3.05) is 6.54 Å². The molecule has 0 N–H and O–H groups in total. The standard InChI is InChI=1S/C15H19BrFN/c16-14-9-13(17)7-6-12(14)10-18-8-2-4-11-3-1-5-15(11)18/h6-7,9,11,15H,1-5,8,10H2. The van der Waals surface area contributed by atoms with Crippen molar-refractivity contribution < 1.29 is 4.39 Å². The van der Waals surface area contributed by atoms with Crippen LogP contribution in [0.2, 0.25) is 0 Å². The van der Waals surface area contributed by atoms with Gasteiger partial charge in [-0.15, -0.1) is 0 Å². The van der Waals surface area contributed by atoms with Crippen LogP contribution in [0.15, 0.2) is 22.7 Å². The average molecular weight is 312 g/mol. The van der Waals surface area contributed by atoms with Crippen molar-refractivity contribution in [1.29, 1.82) is 0 Å². The maximum Gasteiger partial charge on any atom is 0.124 e. The highest BCUT2D eigenvalue weighted by molar-refractivity contribution is 9.10. The van der Waals surface area contributed by atoms with E-state index >= 15 is 0 Å². The van der Waals surface area contributed by atoms with Crippen molar-refractivity contribution in [1.82, 2.24) is 4.90 Å². The molecule has 0 radical (unpaired) electrons. The molecule has 1 nitrogen and oxygen atoms in total. The lowest BCUT2D eigenvalue weighted by molar-refractivity contribution is 0.105. The first-order valence-corrected chi connectivity index (χ1v) is 7.71. The monoisotopic (exact) mass is 311 g/mol. The molecule has 98 valence electrons. The Bertz CT molecular complexity index is 435. The maximum absolute atomic E-state index is 13.1. The summed E-state index contributed by atoms with van der Waals surface area (Å²) >= 11 is 3.48. The van der Waals surface area contributed by atoms with Gasteiger partial charge in [0.05, 0.1) is 0 Å². The molecular formula is C15H19BrFN. The molecule has 18 heavy (non-hydrogen) atoms. The Kier molecular flexibility index (Phi) is 3.71. The molecule has 1 aromatic carbocycles. The van der Waals surface area contributed by atoms with Gasteiger partial charge in [0.15, 0.2) is 0 Å². The van der Waals surface area contributed by atoms with Crippen molar-refractivity contribution in [3.63, 3.8) is 0 Å². The Morgan fingerprint density at radius 1 is 1.22 bits per heavy atom. The Morgan fingerprint density at radius 2 is 2.06 bits per heavy atom. The van der Waals surface area contributed by atoms with E-state index in [1.807, 2.05) is 6.07 Å². The van der Waals surface area contributed by atoms with Gasteiger partial charge < -0.3 is 0 Å². The number of hydrogen-bond donors (Lipinski definition) is 0. The summed E-state index contributed by atoms with van der Waals surface area (Å²) in [5, 5.41) is 0. The lowest BCUT2D eigenvalue weighted by Crippen LogP contribution is -2.41. The summed E-state index contributed by atoms with van der Waals surface area (Å²) in [7, 11) is 0. The molecule has 1 aliphatic heterocycles. The molecule has 2 atom stereocenters. The van der Waals surface area contributed by atoms with Crippen LogP contribution >= 0.6 is 15.9 Å². The van der Waals surface area contributed by atoms with Gasteiger partial charge in [-0.1, -0.05) is 28.4 Å². The molecule has 1 heterocycles. The largest absolute Gasteiger partial charge is 0.296 e. The minimum Gasteiger partial charge on any atom is -0.296 e. The number of likely N-dealkylation sites (tertiary alicyclic amines) is 1. The van der Waals surface area contributed by atoms with Crippen LogP contribution in [-0.2, 0) is 6.54 Å². The molecule has 0 amide bonds. The van der Waals surface area contributed by atoms with Gasteiger partial charge in [-0.2, -0.15) is 0 Å². The fourth-order valence-corrected chi connectivity index (χ4v) is 4.10. The second-order valence-corrected chi connectivity index (χ2v) is 6.46. The van der Waals surface area contributed by atoms with E-state index in [4.69, 9.17) is 0 Å². The quantitative estimate of drug-likeness (QED) is 0.784. The Morgan fingerprint density at radius 3 is 2.89 bits per heavy atom. The highest BCUT2D eigenvalue weighted by atomic mass is 79.9. The summed E-state index contributed by atoms with van der Waals surface area (Å²) in [4.78, 5) is 2.61. The zero-order valence-electron chi connectivity index (χ0n) is 10.5. The van der Waals surface area contributed by atoms with E-state index in [-0.39, 0.29) is 5.82 Å². The molecule has 2 unspecified atom stereocenters. The summed E-state index contributed by atoms with van der Waals surface area (Å²) in [6.45, 7) is 2.16. The molecule has 3 heteroatoms. The van der Waals surface area contributed by atoms with E-state index in [1.54, 1.807) is 12.1 Å². The molecule has 1 saturated carbocycles. The Balaban J connectivity index is 1.75. The van der Waals surface area contributed by atoms with Crippen LogP contribution in [0.1, 0.15) is 37.7 Å². The summed E-state index contributed by atoms with van der Waals surface area (Å²) < 4.78 is 14.0. The van der Waals surface area contributed by atoms with Gasteiger partial charge in [0.2, 0.25) is 0 Å². The second-order valence-electron chi connectivity index (χ2n) is 5.61. The lowest BCUT2D eigenvalue weighted by atomic mass is 9.91. The van der Waals surface area contributed by atoms with E-state index in [0.717, 1.165) is 23.0 Å². The SMILES string of the molecule is Fc1ccc(CN2CCCC3CCCC32)c(Br)c1. The molecule has 0 aromatic heterocycles. The highest BCUT2D eigenvalue weighted by Crippen LogP contribution is 2.37. The van der Waals surface area contributed by atoms with E-state index < -0.39 is 0 Å². The van der Waals surface area contributed by atoms with Crippen molar-refractivity contribution in [2.45, 2.75) is 44.7 Å². The molecule has 1 aromatic rings.